The molecule has 1 aliphatic heterocycles. The lowest BCUT2D eigenvalue weighted by Crippen LogP contribution is -2.55. The fourth-order valence-corrected chi connectivity index (χ4v) is 2.79. The lowest BCUT2D eigenvalue weighted by Gasteiger charge is -2.39. The van der Waals surface area contributed by atoms with Gasteiger partial charge in [-0.1, -0.05) is 5.21 Å². The average molecular weight is 250 g/mol. The molecule has 1 aliphatic carbocycles. The van der Waals surface area contributed by atoms with Crippen LogP contribution in [0.1, 0.15) is 18.5 Å². The van der Waals surface area contributed by atoms with Crippen LogP contribution in [0, 0.1) is 5.92 Å². The van der Waals surface area contributed by atoms with Crippen molar-refractivity contribution >= 4 is 6.03 Å². The van der Waals surface area contributed by atoms with E-state index in [4.69, 9.17) is 5.73 Å². The minimum absolute atomic E-state index is 0.0459. The van der Waals surface area contributed by atoms with Crippen LogP contribution >= 0.6 is 0 Å². The SMILES string of the molecule is Cn1nncc1CNC(=O)N1C[C@@H]2CC[C@]2(N)C1. The third-order valence-corrected chi connectivity index (χ3v) is 4.21. The molecule has 7 heteroatoms. The molecule has 18 heavy (non-hydrogen) atoms. The van der Waals surface area contributed by atoms with Crippen molar-refractivity contribution in [3.8, 4) is 0 Å². The molecule has 3 N–H and O–H groups in total. The molecule has 0 spiro atoms. The van der Waals surface area contributed by atoms with Crippen molar-refractivity contribution in [3.63, 3.8) is 0 Å². The zero-order chi connectivity index (χ0) is 12.8. The van der Waals surface area contributed by atoms with Gasteiger partial charge in [-0.3, -0.25) is 4.68 Å². The number of amides is 2. The summed E-state index contributed by atoms with van der Waals surface area (Å²) in [5.74, 6) is 0.488. The fraction of sp³-hybridized carbons (Fsp3) is 0.727. The highest BCUT2D eigenvalue weighted by Gasteiger charge is 2.51. The zero-order valence-electron chi connectivity index (χ0n) is 10.5. The molecule has 98 valence electrons. The Labute approximate surface area is 105 Å². The van der Waals surface area contributed by atoms with Gasteiger partial charge in [-0.05, 0) is 18.8 Å². The van der Waals surface area contributed by atoms with Gasteiger partial charge in [-0.2, -0.15) is 0 Å². The first-order valence-electron chi connectivity index (χ1n) is 6.24. The molecule has 1 aromatic heterocycles. The van der Waals surface area contributed by atoms with Gasteiger partial charge in [0, 0.05) is 25.7 Å². The van der Waals surface area contributed by atoms with Crippen LogP contribution in [0.15, 0.2) is 6.20 Å². The van der Waals surface area contributed by atoms with Crippen molar-refractivity contribution in [2.45, 2.75) is 24.9 Å². The molecule has 1 saturated carbocycles. The highest BCUT2D eigenvalue weighted by Crippen LogP contribution is 2.42. The van der Waals surface area contributed by atoms with Crippen LogP contribution in [0.2, 0.25) is 0 Å². The van der Waals surface area contributed by atoms with E-state index in [1.165, 1.54) is 0 Å². The van der Waals surface area contributed by atoms with Crippen molar-refractivity contribution in [1.29, 1.82) is 0 Å². The molecular weight excluding hydrogens is 232 g/mol. The van der Waals surface area contributed by atoms with Crippen molar-refractivity contribution in [2.24, 2.45) is 18.7 Å². The topological polar surface area (TPSA) is 89.1 Å². The van der Waals surface area contributed by atoms with Crippen LogP contribution in [-0.4, -0.2) is 44.6 Å². The number of carbonyl (C=O) groups is 1. The highest BCUT2D eigenvalue weighted by molar-refractivity contribution is 5.74. The number of nitrogens with zero attached hydrogens (tertiary/aromatic N) is 4. The number of urea groups is 1. The number of nitrogens with two attached hydrogens (primary N) is 1. The molecule has 0 unspecified atom stereocenters. The van der Waals surface area contributed by atoms with E-state index in [-0.39, 0.29) is 11.6 Å². The second kappa shape index (κ2) is 3.94. The number of fused-ring (bicyclic) bond motifs is 1. The fourth-order valence-electron chi connectivity index (χ4n) is 2.79. The number of hydrogen-bond donors (Lipinski definition) is 2. The number of likely N-dealkylation sites (tertiary alicyclic amines) is 1. The van der Waals surface area contributed by atoms with Gasteiger partial charge < -0.3 is 16.0 Å². The predicted octanol–water partition coefficient (Wildman–Crippen LogP) is -0.552. The third kappa shape index (κ3) is 1.74. The van der Waals surface area contributed by atoms with Gasteiger partial charge >= 0.3 is 6.03 Å². The number of aromatic nitrogens is 3. The number of carbonyl (C=O) groups excluding carboxylic acids is 1. The van der Waals surface area contributed by atoms with Crippen LogP contribution in [0.5, 0.6) is 0 Å². The summed E-state index contributed by atoms with van der Waals surface area (Å²) in [4.78, 5) is 13.8. The number of aryl methyl sites for hydroxylation is 1. The Morgan fingerprint density at radius 1 is 1.72 bits per heavy atom. The Morgan fingerprint density at radius 2 is 2.56 bits per heavy atom. The minimum Gasteiger partial charge on any atom is -0.332 e. The smallest absolute Gasteiger partial charge is 0.317 e. The summed E-state index contributed by atoms with van der Waals surface area (Å²) in [5, 5.41) is 10.5. The van der Waals surface area contributed by atoms with E-state index >= 15 is 0 Å². The first-order chi connectivity index (χ1) is 8.58. The Morgan fingerprint density at radius 3 is 3.06 bits per heavy atom. The van der Waals surface area contributed by atoms with E-state index in [1.54, 1.807) is 17.9 Å². The van der Waals surface area contributed by atoms with Gasteiger partial charge in [0.1, 0.15) is 0 Å². The molecule has 1 saturated heterocycles. The second-order valence-corrected chi connectivity index (χ2v) is 5.36. The van der Waals surface area contributed by atoms with Gasteiger partial charge in [-0.25, -0.2) is 4.79 Å². The summed E-state index contributed by atoms with van der Waals surface area (Å²) < 4.78 is 1.65. The molecular formula is C11H18N6O. The average Bonchev–Trinajstić information content (AvgIpc) is 2.83. The van der Waals surface area contributed by atoms with Crippen LogP contribution < -0.4 is 11.1 Å². The summed E-state index contributed by atoms with van der Waals surface area (Å²) in [6.07, 6.45) is 3.83. The Kier molecular flexibility index (Phi) is 2.51. The van der Waals surface area contributed by atoms with E-state index in [0.717, 1.165) is 25.1 Å². The van der Waals surface area contributed by atoms with Gasteiger partial charge in [0.15, 0.2) is 0 Å². The zero-order valence-corrected chi connectivity index (χ0v) is 10.5. The van der Waals surface area contributed by atoms with Crippen molar-refractivity contribution in [2.75, 3.05) is 13.1 Å². The molecule has 0 radical (unpaired) electrons. The minimum atomic E-state index is -0.120. The lowest BCUT2D eigenvalue weighted by molar-refractivity contribution is 0.187. The number of hydrogen-bond acceptors (Lipinski definition) is 4. The molecule has 2 aliphatic rings. The maximum absolute atomic E-state index is 12.0. The molecule has 7 nitrogen and oxygen atoms in total. The van der Waals surface area contributed by atoms with Crippen molar-refractivity contribution in [1.82, 2.24) is 25.2 Å². The highest BCUT2D eigenvalue weighted by atomic mass is 16.2. The van der Waals surface area contributed by atoms with Gasteiger partial charge in [0.05, 0.1) is 18.4 Å². The predicted molar refractivity (Wildman–Crippen MR) is 64.5 cm³/mol. The molecule has 1 aromatic rings. The van der Waals surface area contributed by atoms with Crippen LogP contribution in [0.3, 0.4) is 0 Å². The lowest BCUT2D eigenvalue weighted by atomic mass is 9.70. The molecule has 0 bridgehead atoms. The maximum atomic E-state index is 12.0. The quantitative estimate of drug-likeness (QED) is 0.737. The standard InChI is InChI=1S/C11H18N6O/c1-16-9(5-14-15-16)4-13-10(18)17-6-8-2-3-11(8,12)7-17/h5,8H,2-4,6-7,12H2,1H3,(H,13,18)/t8-,11-/m0/s1. The third-order valence-electron chi connectivity index (χ3n) is 4.21. The molecule has 2 amide bonds. The largest absolute Gasteiger partial charge is 0.332 e. The van der Waals surface area contributed by atoms with Gasteiger partial charge in [0.25, 0.3) is 0 Å². The number of nitrogens with one attached hydrogen (secondary N) is 1. The first kappa shape index (κ1) is 11.5. The maximum Gasteiger partial charge on any atom is 0.317 e. The Bertz CT molecular complexity index is 472. The monoisotopic (exact) mass is 250 g/mol. The summed E-state index contributed by atoms with van der Waals surface area (Å²) >= 11 is 0. The molecule has 2 fully saturated rings. The van der Waals surface area contributed by atoms with E-state index in [2.05, 4.69) is 15.6 Å². The van der Waals surface area contributed by atoms with Crippen molar-refractivity contribution < 1.29 is 4.79 Å². The molecule has 0 aromatic carbocycles. The summed E-state index contributed by atoms with van der Waals surface area (Å²) in [6, 6.07) is -0.0459. The van der Waals surface area contributed by atoms with E-state index in [9.17, 15) is 4.79 Å². The summed E-state index contributed by atoms with van der Waals surface area (Å²) in [5.41, 5.74) is 6.97. The van der Waals surface area contributed by atoms with Crippen LogP contribution in [-0.2, 0) is 13.6 Å². The first-order valence-corrected chi connectivity index (χ1v) is 6.24. The van der Waals surface area contributed by atoms with Crippen LogP contribution in [0.25, 0.3) is 0 Å². The molecule has 2 heterocycles. The summed E-state index contributed by atoms with van der Waals surface area (Å²) in [6.45, 7) is 1.90. The van der Waals surface area contributed by atoms with E-state index in [1.807, 2.05) is 4.90 Å². The van der Waals surface area contributed by atoms with E-state index < -0.39 is 0 Å². The van der Waals surface area contributed by atoms with Gasteiger partial charge in [0.2, 0.25) is 0 Å². The van der Waals surface area contributed by atoms with Crippen molar-refractivity contribution in [3.05, 3.63) is 11.9 Å². The molecule has 2 atom stereocenters. The summed E-state index contributed by atoms with van der Waals surface area (Å²) in [7, 11) is 1.81. The van der Waals surface area contributed by atoms with E-state index in [0.29, 0.717) is 19.0 Å². The normalized spacial score (nSPS) is 29.9. The molecule has 3 rings (SSSR count). The number of rotatable bonds is 2. The Hall–Kier alpha value is -1.63. The van der Waals surface area contributed by atoms with Crippen LogP contribution in [0.4, 0.5) is 4.79 Å². The van der Waals surface area contributed by atoms with Gasteiger partial charge in [-0.15, -0.1) is 5.10 Å². The second-order valence-electron chi connectivity index (χ2n) is 5.36. The Balaban J connectivity index is 1.55.